The smallest absolute Gasteiger partial charge is 0.872 e. The molecule has 2 unspecified atom stereocenters. The van der Waals surface area contributed by atoms with Gasteiger partial charge in [-0.25, -0.2) is 0 Å². The van der Waals surface area contributed by atoms with E-state index in [1.54, 1.807) is 0 Å². The fourth-order valence-corrected chi connectivity index (χ4v) is 2.51. The standard InChI is InChI=1S/C18H20N2O6.Ga/c21-13-7-3-1-5-11(13)15(17(23)24)19-9-10-20-16(18(25)26)12-6-2-4-8-14(12)22;/h1-8,15-16,19-22H,9-10H2,(H,23,24)(H,25,26);/q;+3/p-4/i;1-2. The third-order valence-corrected chi connectivity index (χ3v) is 3.75. The summed E-state index contributed by atoms with van der Waals surface area (Å²) in [5.74, 6) is -3.85. The summed E-state index contributed by atoms with van der Waals surface area (Å²) in [6.45, 7) is 0.0234. The van der Waals surface area contributed by atoms with Crippen LogP contribution in [0.3, 0.4) is 0 Å². The molecule has 0 amide bonds. The van der Waals surface area contributed by atoms with Crippen LogP contribution in [0.2, 0.25) is 0 Å². The van der Waals surface area contributed by atoms with Gasteiger partial charge in [0.05, 0.1) is 24.0 Å². The number of para-hydroxylation sites is 2. The fraction of sp³-hybridized carbons (Fsp3) is 0.222. The summed E-state index contributed by atoms with van der Waals surface area (Å²) in [4.78, 5) is 22.6. The predicted molar refractivity (Wildman–Crippen MR) is 89.0 cm³/mol. The van der Waals surface area contributed by atoms with Gasteiger partial charge in [0.15, 0.2) is 0 Å². The Bertz CT molecular complexity index is 720. The number of carbonyl (C=O) groups is 2. The van der Waals surface area contributed by atoms with Crippen molar-refractivity contribution in [2.45, 2.75) is 12.1 Å². The minimum Gasteiger partial charge on any atom is -0.872 e. The summed E-state index contributed by atoms with van der Waals surface area (Å²) in [5, 5.41) is 51.3. The zero-order chi connectivity index (χ0) is 19.1. The van der Waals surface area contributed by atoms with Crippen molar-refractivity contribution in [2.75, 3.05) is 13.1 Å². The van der Waals surface area contributed by atoms with E-state index in [9.17, 15) is 30.0 Å². The molecule has 2 N–H and O–H groups in total. The number of hydrogen-bond donors (Lipinski definition) is 2. The number of rotatable bonds is 9. The van der Waals surface area contributed by atoms with E-state index in [2.05, 4.69) is 10.6 Å². The van der Waals surface area contributed by atoms with Crippen LogP contribution in [-0.4, -0.2) is 44.8 Å². The SMILES string of the molecule is O=C([O-])C(NCCNC(C(=O)[O-])c1ccccc1[O-])c1ccccc1[O-].[68Ga+3]. The first-order valence-corrected chi connectivity index (χ1v) is 7.82. The van der Waals surface area contributed by atoms with Crippen LogP contribution in [0.1, 0.15) is 23.2 Å². The summed E-state index contributed by atoms with van der Waals surface area (Å²) >= 11 is 0. The molecule has 0 spiro atoms. The van der Waals surface area contributed by atoms with Gasteiger partial charge in [0, 0.05) is 13.1 Å². The third-order valence-electron chi connectivity index (χ3n) is 3.75. The topological polar surface area (TPSA) is 150 Å². The first-order valence-electron chi connectivity index (χ1n) is 7.82. The predicted octanol–water partition coefficient (Wildman–Crippen LogP) is -3.09. The minimum atomic E-state index is -1.48. The van der Waals surface area contributed by atoms with E-state index in [0.29, 0.717) is 0 Å². The van der Waals surface area contributed by atoms with Crippen LogP contribution in [0.25, 0.3) is 0 Å². The van der Waals surface area contributed by atoms with E-state index in [1.165, 1.54) is 48.5 Å². The zero-order valence-electron chi connectivity index (χ0n) is 14.2. The maximum Gasteiger partial charge on any atom is 3.00 e. The van der Waals surface area contributed by atoms with E-state index in [4.69, 9.17) is 0 Å². The van der Waals surface area contributed by atoms with Crippen LogP contribution >= 0.6 is 0 Å². The number of aliphatic carboxylic acids is 2. The van der Waals surface area contributed by atoms with Crippen molar-refractivity contribution in [2.24, 2.45) is 0 Å². The number of carbonyl (C=O) groups excluding carboxylic acids is 2. The Kier molecular flexibility index (Phi) is 8.89. The molecule has 9 heteroatoms. The quantitative estimate of drug-likeness (QED) is 0.318. The number of carboxylic acids is 2. The summed E-state index contributed by atoms with van der Waals surface area (Å²) in [5.41, 5.74) is 0.0442. The van der Waals surface area contributed by atoms with Gasteiger partial charge in [0.25, 0.3) is 0 Å². The molecule has 2 atom stereocenters. The second-order valence-corrected chi connectivity index (χ2v) is 5.49. The summed E-state index contributed by atoms with van der Waals surface area (Å²) in [6, 6.07) is 8.60. The van der Waals surface area contributed by atoms with Crippen LogP contribution in [0.4, 0.5) is 0 Å². The maximum absolute atomic E-state index is 11.8. The molecule has 2 rings (SSSR count). The fourth-order valence-electron chi connectivity index (χ4n) is 2.51. The van der Waals surface area contributed by atoms with Gasteiger partial charge in [0.1, 0.15) is 0 Å². The Balaban J connectivity index is 0.00000364. The Hall–Kier alpha value is -2.46. The molecule has 0 bridgehead atoms. The van der Waals surface area contributed by atoms with Gasteiger partial charge in [-0.2, -0.15) is 0 Å². The molecule has 2 aromatic carbocycles. The maximum atomic E-state index is 11.8. The second-order valence-electron chi connectivity index (χ2n) is 5.49. The molecule has 0 saturated carbocycles. The molecule has 0 saturated heterocycles. The van der Waals surface area contributed by atoms with Crippen molar-refractivity contribution in [3.63, 3.8) is 0 Å². The van der Waals surface area contributed by atoms with Gasteiger partial charge in [0.2, 0.25) is 0 Å². The van der Waals surface area contributed by atoms with E-state index in [1.807, 2.05) is 0 Å². The average Bonchev–Trinajstić information content (AvgIpc) is 2.59. The van der Waals surface area contributed by atoms with E-state index in [-0.39, 0.29) is 44.0 Å². The van der Waals surface area contributed by atoms with Gasteiger partial charge >= 0.3 is 19.8 Å². The number of benzene rings is 2. The van der Waals surface area contributed by atoms with Gasteiger partial charge in [-0.15, -0.1) is 11.5 Å². The Morgan fingerprint density at radius 1 is 0.741 bits per heavy atom. The van der Waals surface area contributed by atoms with Crippen molar-refractivity contribution in [1.29, 1.82) is 0 Å². The molecular formula is C18H16GaN2O6-. The van der Waals surface area contributed by atoms with E-state index in [0.717, 1.165) is 0 Å². The molecule has 0 radical (unpaired) electrons. The monoisotopic (exact) mass is 424 g/mol. The summed E-state index contributed by atoms with van der Waals surface area (Å²) in [7, 11) is 0. The van der Waals surface area contributed by atoms with Crippen LogP contribution in [0, 0.1) is 0 Å². The normalized spacial score (nSPS) is 12.6. The number of nitrogens with one attached hydrogen (secondary N) is 2. The molecule has 0 heterocycles. The van der Waals surface area contributed by atoms with Crippen molar-refractivity contribution < 1.29 is 30.0 Å². The van der Waals surface area contributed by atoms with Gasteiger partial charge in [-0.1, -0.05) is 48.5 Å². The first kappa shape index (κ1) is 22.6. The van der Waals surface area contributed by atoms with Gasteiger partial charge in [-0.05, 0) is 11.1 Å². The second kappa shape index (κ2) is 10.6. The summed E-state index contributed by atoms with van der Waals surface area (Å²) < 4.78 is 0. The van der Waals surface area contributed by atoms with Crippen molar-refractivity contribution in [3.05, 3.63) is 59.7 Å². The van der Waals surface area contributed by atoms with Crippen molar-refractivity contribution >= 4 is 31.7 Å². The molecule has 138 valence electrons. The molecule has 0 aromatic heterocycles. The molecule has 8 nitrogen and oxygen atoms in total. The zero-order valence-corrected chi connectivity index (χ0v) is 16.6. The Morgan fingerprint density at radius 3 is 1.37 bits per heavy atom. The van der Waals surface area contributed by atoms with E-state index >= 15 is 0 Å². The van der Waals surface area contributed by atoms with Crippen molar-refractivity contribution in [1.82, 2.24) is 10.6 Å². The van der Waals surface area contributed by atoms with Crippen LogP contribution in [-0.2, 0) is 9.59 Å². The Labute approximate surface area is 168 Å². The van der Waals surface area contributed by atoms with Crippen molar-refractivity contribution in [3.8, 4) is 11.5 Å². The summed E-state index contributed by atoms with van der Waals surface area (Å²) in [6.07, 6.45) is 0. The largest absolute Gasteiger partial charge is 3.00 e. The number of hydrogen-bond acceptors (Lipinski definition) is 8. The van der Waals surface area contributed by atoms with E-state index < -0.39 is 35.5 Å². The molecule has 0 fully saturated rings. The van der Waals surface area contributed by atoms with Crippen LogP contribution in [0.15, 0.2) is 48.5 Å². The van der Waals surface area contributed by atoms with Crippen LogP contribution in [0.5, 0.6) is 11.5 Å². The molecule has 27 heavy (non-hydrogen) atoms. The Morgan fingerprint density at radius 2 is 1.07 bits per heavy atom. The van der Waals surface area contributed by atoms with Crippen LogP contribution < -0.4 is 31.1 Å². The third kappa shape index (κ3) is 6.03. The molecular weight excluding hydrogens is 408 g/mol. The first-order chi connectivity index (χ1) is 12.4. The molecule has 0 aliphatic rings. The van der Waals surface area contributed by atoms with Gasteiger partial charge in [-0.3, -0.25) is 0 Å². The molecule has 0 aliphatic heterocycles. The molecule has 0 aliphatic carbocycles. The average molecular weight is 424 g/mol. The van der Waals surface area contributed by atoms with Gasteiger partial charge < -0.3 is 40.6 Å². The molecule has 2 aromatic rings. The minimum absolute atomic E-state index is 0. The number of carboxylic acid groups (broad SMARTS) is 2.